The minimum atomic E-state index is -3.46. The second-order valence-electron chi connectivity index (χ2n) is 7.42. The van der Waals surface area contributed by atoms with Gasteiger partial charge in [-0.15, -0.1) is 0 Å². The van der Waals surface area contributed by atoms with Gasteiger partial charge in [-0.2, -0.15) is 0 Å². The quantitative estimate of drug-likeness (QED) is 0.874. The van der Waals surface area contributed by atoms with Crippen LogP contribution in [0.15, 0.2) is 33.6 Å². The van der Waals surface area contributed by atoms with E-state index in [0.29, 0.717) is 10.8 Å². The zero-order valence-electron chi connectivity index (χ0n) is 12.7. The zero-order valence-corrected chi connectivity index (χ0v) is 15.1. The zero-order chi connectivity index (χ0) is 15.5. The number of halogens is 1. The Balaban J connectivity index is 1.91. The smallest absolute Gasteiger partial charge is 0.207 e. The van der Waals surface area contributed by atoms with Crippen LogP contribution < -0.4 is 4.72 Å². The summed E-state index contributed by atoms with van der Waals surface area (Å²) in [5.41, 5.74) is 0.117. The van der Waals surface area contributed by atoms with Crippen LogP contribution in [0.4, 0.5) is 0 Å². The Bertz CT molecular complexity index is 649. The van der Waals surface area contributed by atoms with Gasteiger partial charge in [-0.05, 0) is 60.3 Å². The molecule has 3 nitrogen and oxygen atoms in total. The molecule has 116 valence electrons. The minimum Gasteiger partial charge on any atom is -0.207 e. The summed E-state index contributed by atoms with van der Waals surface area (Å²) in [4.78, 5) is 0.341. The first-order chi connectivity index (χ1) is 9.65. The lowest BCUT2D eigenvalue weighted by Crippen LogP contribution is -2.52. The normalized spacial score (nSPS) is 34.3. The van der Waals surface area contributed by atoms with Gasteiger partial charge in [0.05, 0.1) is 4.90 Å². The van der Waals surface area contributed by atoms with E-state index >= 15 is 0 Å². The molecule has 0 unspecified atom stereocenters. The van der Waals surface area contributed by atoms with Gasteiger partial charge < -0.3 is 0 Å². The van der Waals surface area contributed by atoms with Crippen LogP contribution in [-0.4, -0.2) is 14.5 Å². The van der Waals surface area contributed by atoms with E-state index in [1.54, 1.807) is 24.3 Å². The van der Waals surface area contributed by atoms with Gasteiger partial charge in [0.25, 0.3) is 0 Å². The summed E-state index contributed by atoms with van der Waals surface area (Å²) in [7, 11) is -3.46. The molecule has 0 aromatic heterocycles. The Morgan fingerprint density at radius 1 is 1.19 bits per heavy atom. The molecule has 2 bridgehead atoms. The van der Waals surface area contributed by atoms with Crippen molar-refractivity contribution in [2.45, 2.75) is 51.0 Å². The summed E-state index contributed by atoms with van der Waals surface area (Å²) in [6, 6.07) is 6.84. The molecule has 0 heterocycles. The average Bonchev–Trinajstić information content (AvgIpc) is 2.87. The van der Waals surface area contributed by atoms with Crippen LogP contribution in [0.2, 0.25) is 0 Å². The average molecular weight is 372 g/mol. The van der Waals surface area contributed by atoms with Crippen molar-refractivity contribution in [3.63, 3.8) is 0 Å². The molecule has 1 N–H and O–H groups in total. The number of sulfonamides is 1. The van der Waals surface area contributed by atoms with E-state index < -0.39 is 10.0 Å². The van der Waals surface area contributed by atoms with Gasteiger partial charge in [0.2, 0.25) is 10.0 Å². The number of hydrogen-bond acceptors (Lipinski definition) is 2. The molecule has 0 saturated heterocycles. The van der Waals surface area contributed by atoms with Gasteiger partial charge in [0.15, 0.2) is 0 Å². The van der Waals surface area contributed by atoms with Crippen molar-refractivity contribution < 1.29 is 8.42 Å². The van der Waals surface area contributed by atoms with E-state index in [1.165, 1.54) is 6.42 Å². The van der Waals surface area contributed by atoms with Crippen molar-refractivity contribution in [3.8, 4) is 0 Å². The summed E-state index contributed by atoms with van der Waals surface area (Å²) in [5, 5.41) is 0. The van der Waals surface area contributed by atoms with Crippen LogP contribution in [0, 0.1) is 16.7 Å². The molecule has 2 aliphatic rings. The SMILES string of the molecule is CC1(C)[C@H]2CC[C@](C)(C2)[C@@H]1NS(=O)(=O)c1ccc(Br)cc1. The highest BCUT2D eigenvalue weighted by Crippen LogP contribution is 2.62. The van der Waals surface area contributed by atoms with Crippen molar-refractivity contribution in [3.05, 3.63) is 28.7 Å². The highest BCUT2D eigenvalue weighted by molar-refractivity contribution is 9.10. The highest BCUT2D eigenvalue weighted by atomic mass is 79.9. The monoisotopic (exact) mass is 371 g/mol. The maximum absolute atomic E-state index is 12.7. The van der Waals surface area contributed by atoms with Gasteiger partial charge in [-0.25, -0.2) is 13.1 Å². The van der Waals surface area contributed by atoms with Crippen molar-refractivity contribution in [1.82, 2.24) is 4.72 Å². The molecule has 0 amide bonds. The molecule has 2 fully saturated rings. The van der Waals surface area contributed by atoms with Crippen LogP contribution >= 0.6 is 15.9 Å². The van der Waals surface area contributed by atoms with Crippen molar-refractivity contribution in [2.24, 2.45) is 16.7 Å². The lowest BCUT2D eigenvalue weighted by atomic mass is 9.69. The van der Waals surface area contributed by atoms with Crippen LogP contribution in [0.3, 0.4) is 0 Å². The Morgan fingerprint density at radius 2 is 1.81 bits per heavy atom. The van der Waals surface area contributed by atoms with E-state index in [2.05, 4.69) is 41.4 Å². The predicted molar refractivity (Wildman–Crippen MR) is 87.5 cm³/mol. The van der Waals surface area contributed by atoms with Gasteiger partial charge in [-0.3, -0.25) is 0 Å². The molecule has 0 radical (unpaired) electrons. The van der Waals surface area contributed by atoms with E-state index in [0.717, 1.165) is 17.3 Å². The first-order valence-corrected chi connectivity index (χ1v) is 9.71. The maximum atomic E-state index is 12.7. The van der Waals surface area contributed by atoms with Crippen molar-refractivity contribution >= 4 is 26.0 Å². The molecule has 1 aromatic carbocycles. The topological polar surface area (TPSA) is 46.2 Å². The van der Waals surface area contributed by atoms with Crippen LogP contribution in [-0.2, 0) is 10.0 Å². The molecule has 0 spiro atoms. The Kier molecular flexibility index (Phi) is 3.54. The Morgan fingerprint density at radius 3 is 2.33 bits per heavy atom. The van der Waals surface area contributed by atoms with Gasteiger partial charge >= 0.3 is 0 Å². The van der Waals surface area contributed by atoms with E-state index in [4.69, 9.17) is 0 Å². The first kappa shape index (κ1) is 15.5. The third-order valence-electron chi connectivity index (χ3n) is 5.67. The molecule has 5 heteroatoms. The van der Waals surface area contributed by atoms with Gasteiger partial charge in [-0.1, -0.05) is 36.7 Å². The fraction of sp³-hybridized carbons (Fsp3) is 0.625. The second-order valence-corrected chi connectivity index (χ2v) is 10.1. The first-order valence-electron chi connectivity index (χ1n) is 7.43. The number of fused-ring (bicyclic) bond motifs is 2. The van der Waals surface area contributed by atoms with E-state index in [9.17, 15) is 8.42 Å². The van der Waals surface area contributed by atoms with E-state index in [-0.39, 0.29) is 16.9 Å². The summed E-state index contributed by atoms with van der Waals surface area (Å²) in [6.45, 7) is 6.64. The van der Waals surface area contributed by atoms with E-state index in [1.807, 2.05) is 0 Å². The summed E-state index contributed by atoms with van der Waals surface area (Å²) < 4.78 is 29.3. The van der Waals surface area contributed by atoms with Gasteiger partial charge in [0, 0.05) is 10.5 Å². The molecule has 0 aliphatic heterocycles. The summed E-state index contributed by atoms with van der Waals surface area (Å²) in [5.74, 6) is 0.625. The lowest BCUT2D eigenvalue weighted by molar-refractivity contribution is 0.127. The standard InChI is InChI=1S/C16H22BrNO2S/c1-15(2)11-8-9-16(3,10-11)14(15)18-21(19,20)13-6-4-12(17)5-7-13/h4-7,11,14,18H,8-10H2,1-3H3/t11-,14+,16+/m0/s1. The van der Waals surface area contributed by atoms with Crippen LogP contribution in [0.25, 0.3) is 0 Å². The molecule has 3 rings (SSSR count). The summed E-state index contributed by atoms with van der Waals surface area (Å²) in [6.07, 6.45) is 3.47. The maximum Gasteiger partial charge on any atom is 0.240 e. The molecular formula is C16H22BrNO2S. The van der Waals surface area contributed by atoms with Crippen molar-refractivity contribution in [1.29, 1.82) is 0 Å². The molecule has 1 aromatic rings. The lowest BCUT2D eigenvalue weighted by Gasteiger charge is -2.42. The van der Waals surface area contributed by atoms with Gasteiger partial charge in [0.1, 0.15) is 0 Å². The number of rotatable bonds is 3. The second kappa shape index (κ2) is 4.80. The molecule has 21 heavy (non-hydrogen) atoms. The molecular weight excluding hydrogens is 350 g/mol. The largest absolute Gasteiger partial charge is 0.240 e. The summed E-state index contributed by atoms with van der Waals surface area (Å²) >= 11 is 3.34. The molecule has 2 saturated carbocycles. The number of benzene rings is 1. The third-order valence-corrected chi connectivity index (χ3v) is 7.63. The molecule has 3 atom stereocenters. The highest BCUT2D eigenvalue weighted by Gasteiger charge is 2.60. The third kappa shape index (κ3) is 2.47. The fourth-order valence-corrected chi connectivity index (χ4v) is 6.23. The number of hydrogen-bond donors (Lipinski definition) is 1. The molecule has 2 aliphatic carbocycles. The van der Waals surface area contributed by atoms with Crippen LogP contribution in [0.1, 0.15) is 40.0 Å². The van der Waals surface area contributed by atoms with Crippen LogP contribution in [0.5, 0.6) is 0 Å². The minimum absolute atomic E-state index is 0.0115. The Hall–Kier alpha value is -0.390. The van der Waals surface area contributed by atoms with Crippen molar-refractivity contribution in [2.75, 3.05) is 0 Å². The Labute approximate surface area is 135 Å². The number of nitrogens with one attached hydrogen (secondary N) is 1. The predicted octanol–water partition coefficient (Wildman–Crippen LogP) is 3.94. The fourth-order valence-electron chi connectivity index (χ4n) is 4.43.